The molecular weight excluding hydrogens is 961 g/mol. The van der Waals surface area contributed by atoms with E-state index in [1.807, 2.05) is 24.3 Å². The molecule has 0 saturated carbocycles. The van der Waals surface area contributed by atoms with Gasteiger partial charge in [0.2, 0.25) is 11.9 Å². The van der Waals surface area contributed by atoms with Gasteiger partial charge in [-0.2, -0.15) is 0 Å². The van der Waals surface area contributed by atoms with Crippen LogP contribution in [0.15, 0.2) is 70.4 Å². The first-order chi connectivity index (χ1) is 35.8. The summed E-state index contributed by atoms with van der Waals surface area (Å²) in [6.45, 7) is 16.7. The van der Waals surface area contributed by atoms with Gasteiger partial charge in [0.15, 0.2) is 5.75 Å². The zero-order chi connectivity index (χ0) is 53.5. The first-order valence-corrected chi connectivity index (χ1v) is 26.3. The number of H-pyrrole nitrogens is 1. The number of rotatable bonds is 6. The maximum atomic E-state index is 14.8. The van der Waals surface area contributed by atoms with E-state index >= 15 is 0 Å². The summed E-state index contributed by atoms with van der Waals surface area (Å²) in [6.07, 6.45) is 6.33. The minimum atomic E-state index is -1.94. The van der Waals surface area contributed by atoms with E-state index in [0.717, 1.165) is 23.5 Å². The molecule has 2 fully saturated rings. The minimum Gasteiger partial charge on any atom is -0.507 e. The zero-order valence-electron chi connectivity index (χ0n) is 43.9. The van der Waals surface area contributed by atoms with Gasteiger partial charge in [0.05, 0.1) is 46.1 Å². The number of Topliss-reactive ketones (excluding diaryl/α,β-unsaturated/α-hetero) is 1. The molecule has 0 aliphatic carbocycles. The number of ether oxygens (including phenoxy) is 3. The summed E-state index contributed by atoms with van der Waals surface area (Å²) in [6, 6.07) is 7.76. The number of ketones is 1. The topological polar surface area (TPSA) is 252 Å². The first-order valence-electron chi connectivity index (χ1n) is 26.3. The number of nitrogens with one attached hydrogen (secondary N) is 2. The molecule has 19 nitrogen and oxygen atoms in total. The SMILES string of the molecule is C/C1=C/C=C/C(C)[C@H](O)[C@@H](C)[C@@H](O)C[C@H](OC(=O)CC(=O)N2CCCN(c3nc4ccccc4[nH]3)CC2)CC/C=C/OC2(C)Oc3c(C)c(O)c4c(O)c(c5c(c4c3C2=O)NC2(CCN(CC(C)C)CC2)N=5)=NC1=O. The maximum Gasteiger partial charge on any atom is 0.315 e. The van der Waals surface area contributed by atoms with Crippen LogP contribution in [0.4, 0.5) is 11.6 Å². The molecule has 6 aliphatic heterocycles. The molecule has 3 aromatic carbocycles. The molecule has 2 saturated heterocycles. The van der Waals surface area contributed by atoms with Gasteiger partial charge in [0.25, 0.3) is 11.7 Å². The van der Waals surface area contributed by atoms with Crippen LogP contribution in [-0.2, 0) is 23.9 Å². The van der Waals surface area contributed by atoms with E-state index < -0.39 is 71.4 Å². The summed E-state index contributed by atoms with van der Waals surface area (Å²) in [4.78, 5) is 79.7. The molecule has 1 aromatic heterocycles. The second-order valence-corrected chi connectivity index (χ2v) is 21.5. The van der Waals surface area contributed by atoms with Crippen LogP contribution in [0.3, 0.4) is 0 Å². The molecule has 2 unspecified atom stereocenters. The Kier molecular flexibility index (Phi) is 15.1. The lowest BCUT2D eigenvalue weighted by molar-refractivity contribution is -0.155. The lowest BCUT2D eigenvalue weighted by atomic mass is 9.86. The van der Waals surface area contributed by atoms with Gasteiger partial charge in [-0.3, -0.25) is 24.2 Å². The summed E-state index contributed by atoms with van der Waals surface area (Å²) in [5, 5.41) is 50.8. The first kappa shape index (κ1) is 53.0. The Balaban J connectivity index is 0.987. The number of phenols is 2. The van der Waals surface area contributed by atoms with Crippen LogP contribution in [0.25, 0.3) is 21.8 Å². The summed E-state index contributed by atoms with van der Waals surface area (Å²) >= 11 is 0. The van der Waals surface area contributed by atoms with Crippen molar-refractivity contribution < 1.29 is 53.8 Å². The lowest BCUT2D eigenvalue weighted by Crippen LogP contribution is -2.47. The number of hydrogen-bond donors (Lipinski definition) is 6. The predicted molar refractivity (Wildman–Crippen MR) is 281 cm³/mol. The maximum absolute atomic E-state index is 14.8. The molecule has 2 amide bonds. The number of aliphatic hydroxyl groups excluding tert-OH is 2. The Bertz CT molecular complexity index is 3090. The van der Waals surface area contributed by atoms with Crippen LogP contribution in [0.1, 0.15) is 102 Å². The molecule has 10 rings (SSSR count). The Hall–Kier alpha value is -6.83. The number of para-hydroxylation sites is 2. The highest BCUT2D eigenvalue weighted by molar-refractivity contribution is 6.21. The number of amides is 2. The van der Waals surface area contributed by atoms with Crippen molar-refractivity contribution in [1.29, 1.82) is 0 Å². The van der Waals surface area contributed by atoms with Gasteiger partial charge in [0.1, 0.15) is 40.4 Å². The second-order valence-electron chi connectivity index (χ2n) is 21.5. The van der Waals surface area contributed by atoms with Crippen molar-refractivity contribution in [3.63, 3.8) is 0 Å². The highest BCUT2D eigenvalue weighted by Gasteiger charge is 2.50. The van der Waals surface area contributed by atoms with E-state index in [4.69, 9.17) is 24.2 Å². The number of carbonyl (C=O) groups is 4. The van der Waals surface area contributed by atoms with Gasteiger partial charge < -0.3 is 59.6 Å². The van der Waals surface area contributed by atoms with Crippen molar-refractivity contribution in [3.8, 4) is 17.2 Å². The molecule has 6 N–H and O–H groups in total. The monoisotopic (exact) mass is 1030 g/mol. The highest BCUT2D eigenvalue weighted by atomic mass is 16.7. The third-order valence-electron chi connectivity index (χ3n) is 15.4. The van der Waals surface area contributed by atoms with Gasteiger partial charge in [-0.15, -0.1) is 0 Å². The van der Waals surface area contributed by atoms with E-state index in [0.29, 0.717) is 70.1 Å². The average molecular weight is 1030 g/mol. The number of likely N-dealkylation sites (tertiary alicyclic amines) is 1. The largest absolute Gasteiger partial charge is 0.507 e. The fourth-order valence-corrected chi connectivity index (χ4v) is 11.0. The standard InChI is InChI=1S/C56H70N8O11/c1-31(2)30-62-23-19-56(20-24-62)60-45-42-43-49(69)35(6)51-44(42)52(71)55(7,75-51)73-27-11-10-16-36(28-39(65)34(5)48(68)32(3)14-12-15-33(4)53(72)59-47(50(43)70)46(45)61-56)74-41(67)29-40(66)63-21-13-22-64(26-25-63)54-57-37-17-8-9-18-38(37)58-54/h8-9,11-12,14-15,17-18,27,31-32,34,36,39,48,60,65,68-70H,10,13,16,19-26,28-30H2,1-7H3,(H,57,58)/b14-12+,27-11+,33-15-,59-47?/t32?,34-,36+,39-,48-,55?/m0/s1. The number of allylic oxidation sites excluding steroid dienone is 3. The number of aliphatic hydroxyl groups is 2. The summed E-state index contributed by atoms with van der Waals surface area (Å²) in [5.41, 5.74) is 1.62. The number of imidazole rings is 1. The third kappa shape index (κ3) is 10.7. The fourth-order valence-electron chi connectivity index (χ4n) is 11.0. The Morgan fingerprint density at radius 2 is 1.73 bits per heavy atom. The van der Waals surface area contributed by atoms with E-state index in [1.165, 1.54) is 19.3 Å². The normalized spacial score (nSPS) is 27.2. The van der Waals surface area contributed by atoms with Crippen molar-refractivity contribution in [3.05, 3.63) is 82.2 Å². The number of benzene rings is 3. The Labute approximate surface area is 435 Å². The van der Waals surface area contributed by atoms with Crippen LogP contribution in [0.5, 0.6) is 17.2 Å². The van der Waals surface area contributed by atoms with Crippen molar-refractivity contribution in [1.82, 2.24) is 19.8 Å². The molecule has 6 aliphatic rings. The molecule has 19 heteroatoms. The van der Waals surface area contributed by atoms with E-state index in [9.17, 15) is 39.6 Å². The average Bonchev–Trinajstić information content (AvgIpc) is 3.98. The van der Waals surface area contributed by atoms with Gasteiger partial charge in [-0.25, -0.2) is 9.98 Å². The molecule has 75 heavy (non-hydrogen) atoms. The van der Waals surface area contributed by atoms with E-state index in [1.54, 1.807) is 50.8 Å². The van der Waals surface area contributed by atoms with Gasteiger partial charge >= 0.3 is 11.8 Å². The zero-order valence-corrected chi connectivity index (χ0v) is 43.9. The van der Waals surface area contributed by atoms with Crippen molar-refractivity contribution in [2.24, 2.45) is 27.7 Å². The molecule has 6 atom stereocenters. The molecule has 1 spiro atoms. The highest BCUT2D eigenvalue weighted by Crippen LogP contribution is 2.51. The molecular formula is C56H70N8O11. The predicted octanol–water partition coefficient (Wildman–Crippen LogP) is 5.62. The van der Waals surface area contributed by atoms with Crippen molar-refractivity contribution in [2.45, 2.75) is 123 Å². The van der Waals surface area contributed by atoms with E-state index in [2.05, 4.69) is 38.9 Å². The number of esters is 1. The lowest BCUT2D eigenvalue weighted by Gasteiger charge is -2.38. The minimum absolute atomic E-state index is 0.0536. The van der Waals surface area contributed by atoms with Gasteiger partial charge in [-0.05, 0) is 57.2 Å². The fraction of sp³-hybridized carbons (Fsp3) is 0.518. The number of aromatic amines is 1. The molecule has 400 valence electrons. The summed E-state index contributed by atoms with van der Waals surface area (Å²) in [5.74, 6) is -5.27. The number of nitrogens with zero attached hydrogens (tertiary/aromatic N) is 6. The van der Waals surface area contributed by atoms with Crippen LogP contribution >= 0.6 is 0 Å². The van der Waals surface area contributed by atoms with Crippen molar-refractivity contribution >= 4 is 57.0 Å². The van der Waals surface area contributed by atoms with Crippen LogP contribution in [-0.4, -0.2) is 139 Å². The number of phenolic OH excluding ortho intramolecular Hbond substituents is 2. The quantitative estimate of drug-likeness (QED) is 0.0779. The Morgan fingerprint density at radius 1 is 0.973 bits per heavy atom. The number of aromatic nitrogens is 2. The number of carbonyl (C=O) groups excluding carboxylic acids is 4. The van der Waals surface area contributed by atoms with Gasteiger partial charge in [0, 0.05) is 100 Å². The number of piperidine rings is 1. The van der Waals surface area contributed by atoms with Crippen LogP contribution in [0.2, 0.25) is 0 Å². The smallest absolute Gasteiger partial charge is 0.315 e. The summed E-state index contributed by atoms with van der Waals surface area (Å²) in [7, 11) is 0. The number of fused-ring (bicyclic) bond motifs is 14. The van der Waals surface area contributed by atoms with Crippen LogP contribution in [0, 0.1) is 24.7 Å². The summed E-state index contributed by atoms with van der Waals surface area (Å²) < 4.78 is 18.4. The molecule has 7 heterocycles. The van der Waals surface area contributed by atoms with Crippen LogP contribution < -0.4 is 25.7 Å². The number of aromatic hydroxyl groups is 2. The number of hydrogen-bond acceptors (Lipinski definition) is 16. The molecule has 4 aromatic rings. The molecule has 0 radical (unpaired) electrons. The third-order valence-corrected chi connectivity index (χ3v) is 15.4. The van der Waals surface area contributed by atoms with E-state index in [-0.39, 0.29) is 74.9 Å². The van der Waals surface area contributed by atoms with Crippen molar-refractivity contribution in [2.75, 3.05) is 56.0 Å². The number of anilines is 2. The van der Waals surface area contributed by atoms with Gasteiger partial charge in [-0.1, -0.05) is 58.1 Å². The molecule has 5 bridgehead atoms. The Morgan fingerprint density at radius 3 is 2.48 bits per heavy atom. The second kappa shape index (κ2) is 21.4.